The lowest BCUT2D eigenvalue weighted by molar-refractivity contribution is 0.0751. The number of carbonyl (C=O) groups is 1. The van der Waals surface area contributed by atoms with Crippen LogP contribution in [-0.4, -0.2) is 29.0 Å². The molecule has 0 saturated carbocycles. The Balaban J connectivity index is 1.64. The molecule has 164 valence electrons. The molecule has 0 bridgehead atoms. The number of nitrogens with two attached hydrogens (primary N) is 1. The maximum absolute atomic E-state index is 13.9. The van der Waals surface area contributed by atoms with Gasteiger partial charge in [-0.2, -0.15) is 0 Å². The molecule has 1 atom stereocenters. The van der Waals surface area contributed by atoms with Crippen molar-refractivity contribution in [3.05, 3.63) is 51.6 Å². The van der Waals surface area contributed by atoms with Crippen molar-refractivity contribution in [2.45, 2.75) is 32.3 Å². The summed E-state index contributed by atoms with van der Waals surface area (Å²) >= 11 is 12.3. The van der Waals surface area contributed by atoms with Gasteiger partial charge in [0.05, 0.1) is 16.0 Å². The number of furan rings is 1. The number of rotatable bonds is 5. The summed E-state index contributed by atoms with van der Waals surface area (Å²) in [5.74, 6) is -0.739. The third-order valence-electron chi connectivity index (χ3n) is 5.24. The summed E-state index contributed by atoms with van der Waals surface area (Å²) in [5, 5.41) is 2.45. The van der Waals surface area contributed by atoms with Gasteiger partial charge in [0.15, 0.2) is 11.4 Å². The first-order valence-electron chi connectivity index (χ1n) is 9.88. The highest BCUT2D eigenvalue weighted by atomic mass is 35.5. The smallest absolute Gasteiger partial charge is 0.269 e. The minimum atomic E-state index is -0.763. The molecule has 7 nitrogen and oxygen atoms in total. The quantitative estimate of drug-likeness (QED) is 0.506. The van der Waals surface area contributed by atoms with Crippen molar-refractivity contribution in [2.75, 3.05) is 18.8 Å². The van der Waals surface area contributed by atoms with Gasteiger partial charge in [-0.1, -0.05) is 29.6 Å². The molecule has 0 unspecified atom stereocenters. The topological polar surface area (TPSA) is 93.6 Å². The molecule has 1 amide bonds. The molecule has 10 heteroatoms. The van der Waals surface area contributed by atoms with Crippen LogP contribution < -0.4 is 15.9 Å². The van der Waals surface area contributed by atoms with Crippen molar-refractivity contribution in [3.8, 4) is 5.75 Å². The fraction of sp³-hybridized carbons (Fsp3) is 0.333. The molecular formula is C21H21Cl2FN4O3. The first-order chi connectivity index (χ1) is 14.9. The Labute approximate surface area is 188 Å². The second-order valence-electron chi connectivity index (χ2n) is 7.37. The monoisotopic (exact) mass is 466 g/mol. The van der Waals surface area contributed by atoms with Gasteiger partial charge >= 0.3 is 0 Å². The number of hydrazine groups is 1. The average molecular weight is 467 g/mol. The maximum atomic E-state index is 13.9. The number of carbonyl (C=O) groups excluding carboxylic acids is 1. The number of nitrogens with one attached hydrogen (secondary N) is 1. The Kier molecular flexibility index (Phi) is 6.22. The van der Waals surface area contributed by atoms with Crippen LogP contribution in [0.15, 0.2) is 29.0 Å². The second kappa shape index (κ2) is 8.90. The summed E-state index contributed by atoms with van der Waals surface area (Å²) in [5.41, 5.74) is 9.74. The molecule has 1 aromatic carbocycles. The van der Waals surface area contributed by atoms with Crippen LogP contribution in [0.25, 0.3) is 11.0 Å². The van der Waals surface area contributed by atoms with E-state index in [0.29, 0.717) is 10.9 Å². The zero-order valence-corrected chi connectivity index (χ0v) is 18.3. The molecule has 3 aromatic rings. The number of ether oxygens (including phenoxy) is 1. The van der Waals surface area contributed by atoms with Crippen molar-refractivity contribution in [2.24, 2.45) is 0 Å². The summed E-state index contributed by atoms with van der Waals surface area (Å²) < 4.78 is 25.5. The van der Waals surface area contributed by atoms with Crippen LogP contribution in [0, 0.1) is 5.82 Å². The number of anilines is 1. The van der Waals surface area contributed by atoms with Crippen LogP contribution in [-0.2, 0) is 0 Å². The number of pyridine rings is 1. The first kappa shape index (κ1) is 21.7. The molecule has 2 aromatic heterocycles. The number of aromatic nitrogens is 1. The highest BCUT2D eigenvalue weighted by Gasteiger charge is 2.25. The number of piperidine rings is 1. The lowest BCUT2D eigenvalue weighted by atomic mass is 10.1. The minimum absolute atomic E-state index is 0.0559. The fourth-order valence-corrected chi connectivity index (χ4v) is 4.31. The van der Waals surface area contributed by atoms with Gasteiger partial charge in [-0.05, 0) is 31.9 Å². The van der Waals surface area contributed by atoms with E-state index in [-0.39, 0.29) is 38.7 Å². The van der Waals surface area contributed by atoms with Crippen LogP contribution in [0.3, 0.4) is 0 Å². The van der Waals surface area contributed by atoms with Crippen LogP contribution in [0.4, 0.5) is 10.2 Å². The van der Waals surface area contributed by atoms with Crippen molar-refractivity contribution in [1.29, 1.82) is 0 Å². The second-order valence-corrected chi connectivity index (χ2v) is 8.16. The van der Waals surface area contributed by atoms with Gasteiger partial charge in [-0.25, -0.2) is 14.4 Å². The standard InChI is InChI=1S/C21H21Cl2FN4O3/c1-11(16-14(22)5-6-15(24)17(16)23)31-19-18-12(9-26-20(19)25)13(10-30-18)21(29)27-28-7-3-2-4-8-28/h5-6,9-11H,2-4,7-8H2,1H3,(H2,25,26)(H,27,29)/t11-/m1/s1. The third-order valence-corrected chi connectivity index (χ3v) is 5.96. The number of benzene rings is 1. The highest BCUT2D eigenvalue weighted by Crippen LogP contribution is 2.39. The van der Waals surface area contributed by atoms with E-state index in [2.05, 4.69) is 10.4 Å². The Morgan fingerprint density at radius 3 is 2.81 bits per heavy atom. The molecule has 1 aliphatic heterocycles. The Hall–Kier alpha value is -2.55. The zero-order valence-electron chi connectivity index (χ0n) is 16.8. The predicted octanol–water partition coefficient (Wildman–Crippen LogP) is 5.13. The molecule has 3 heterocycles. The normalized spacial score (nSPS) is 15.7. The summed E-state index contributed by atoms with van der Waals surface area (Å²) in [7, 11) is 0. The number of nitrogens with zero attached hydrogens (tertiary/aromatic N) is 2. The fourth-order valence-electron chi connectivity index (χ4n) is 3.63. The number of hydrogen-bond acceptors (Lipinski definition) is 6. The van der Waals surface area contributed by atoms with Gasteiger partial charge in [0.1, 0.15) is 18.2 Å². The molecular weight excluding hydrogens is 446 g/mol. The summed E-state index contributed by atoms with van der Waals surface area (Å²) in [4.78, 5) is 16.9. The summed E-state index contributed by atoms with van der Waals surface area (Å²) in [6.07, 6.45) is 5.25. The average Bonchev–Trinajstić information content (AvgIpc) is 3.18. The molecule has 0 radical (unpaired) electrons. The van der Waals surface area contributed by atoms with E-state index >= 15 is 0 Å². The van der Waals surface area contributed by atoms with E-state index in [0.717, 1.165) is 32.4 Å². The molecule has 0 aliphatic carbocycles. The van der Waals surface area contributed by atoms with Gasteiger partial charge in [-0.15, -0.1) is 0 Å². The van der Waals surface area contributed by atoms with E-state index in [1.807, 2.05) is 5.01 Å². The third kappa shape index (κ3) is 4.28. The lowest BCUT2D eigenvalue weighted by Gasteiger charge is -2.26. The summed E-state index contributed by atoms with van der Waals surface area (Å²) in [6.45, 7) is 3.25. The number of halogens is 3. The molecule has 3 N–H and O–H groups in total. The maximum Gasteiger partial charge on any atom is 0.269 e. The number of hydrogen-bond donors (Lipinski definition) is 2. The van der Waals surface area contributed by atoms with Crippen LogP contribution >= 0.6 is 23.2 Å². The van der Waals surface area contributed by atoms with Gasteiger partial charge in [0.25, 0.3) is 5.91 Å². The van der Waals surface area contributed by atoms with Gasteiger partial charge in [-0.3, -0.25) is 10.2 Å². The van der Waals surface area contributed by atoms with Gasteiger partial charge < -0.3 is 14.9 Å². The van der Waals surface area contributed by atoms with Gasteiger partial charge in [0.2, 0.25) is 5.75 Å². The minimum Gasteiger partial charge on any atom is -0.478 e. The SMILES string of the molecule is C[C@@H](Oc1c(N)ncc2c(C(=O)NN3CCCCC3)coc12)c1c(Cl)ccc(F)c1Cl. The van der Waals surface area contributed by atoms with E-state index < -0.39 is 11.9 Å². The first-order valence-corrected chi connectivity index (χ1v) is 10.6. The van der Waals surface area contributed by atoms with Crippen molar-refractivity contribution in [3.63, 3.8) is 0 Å². The Morgan fingerprint density at radius 2 is 2.06 bits per heavy atom. The molecule has 1 aliphatic rings. The summed E-state index contributed by atoms with van der Waals surface area (Å²) in [6, 6.07) is 2.58. The van der Waals surface area contributed by atoms with E-state index in [1.54, 1.807) is 6.92 Å². The van der Waals surface area contributed by atoms with Crippen LogP contribution in [0.1, 0.15) is 48.2 Å². The Morgan fingerprint density at radius 1 is 1.32 bits per heavy atom. The van der Waals surface area contributed by atoms with Gasteiger partial charge in [0, 0.05) is 29.9 Å². The number of fused-ring (bicyclic) bond motifs is 1. The molecule has 0 spiro atoms. The van der Waals surface area contributed by atoms with Crippen LogP contribution in [0.2, 0.25) is 10.0 Å². The highest BCUT2D eigenvalue weighted by molar-refractivity contribution is 6.36. The van der Waals surface area contributed by atoms with Crippen molar-refractivity contribution < 1.29 is 18.3 Å². The molecule has 31 heavy (non-hydrogen) atoms. The zero-order chi connectivity index (χ0) is 22.1. The predicted molar refractivity (Wildman–Crippen MR) is 117 cm³/mol. The van der Waals surface area contributed by atoms with Crippen molar-refractivity contribution >= 4 is 45.9 Å². The van der Waals surface area contributed by atoms with E-state index in [1.165, 1.54) is 24.6 Å². The van der Waals surface area contributed by atoms with Crippen molar-refractivity contribution in [1.82, 2.24) is 15.4 Å². The molecule has 1 fully saturated rings. The van der Waals surface area contributed by atoms with E-state index in [4.69, 9.17) is 38.1 Å². The largest absolute Gasteiger partial charge is 0.478 e. The van der Waals surface area contributed by atoms with E-state index in [9.17, 15) is 9.18 Å². The molecule has 4 rings (SSSR count). The molecule has 1 saturated heterocycles. The Bertz CT molecular complexity index is 1130. The lowest BCUT2D eigenvalue weighted by Crippen LogP contribution is -2.44. The number of nitrogen functional groups attached to an aromatic ring is 1. The van der Waals surface area contributed by atoms with Crippen LogP contribution in [0.5, 0.6) is 5.75 Å². The number of amides is 1.